The van der Waals surface area contributed by atoms with E-state index < -0.39 is 0 Å². The zero-order valence-corrected chi connectivity index (χ0v) is 11.8. The molecule has 21 heavy (non-hydrogen) atoms. The predicted octanol–water partition coefficient (Wildman–Crippen LogP) is 3.11. The second-order valence-electron chi connectivity index (χ2n) is 6.15. The normalized spacial score (nSPS) is 25.6. The number of fused-ring (bicyclic) bond motifs is 2. The quantitative estimate of drug-likeness (QED) is 0.829. The SMILES string of the molecule is Nc1ccccc1NC(=O)[C@H]1C[C@]12CCc1ccccc12. The maximum atomic E-state index is 12.5. The molecule has 1 spiro atoms. The van der Waals surface area contributed by atoms with Crippen LogP contribution < -0.4 is 11.1 Å². The van der Waals surface area contributed by atoms with E-state index in [0.717, 1.165) is 24.9 Å². The summed E-state index contributed by atoms with van der Waals surface area (Å²) < 4.78 is 0. The first kappa shape index (κ1) is 12.5. The number of aryl methyl sites for hydroxylation is 1. The Morgan fingerprint density at radius 3 is 2.76 bits per heavy atom. The van der Waals surface area contributed by atoms with Gasteiger partial charge in [-0.15, -0.1) is 0 Å². The minimum absolute atomic E-state index is 0.0840. The van der Waals surface area contributed by atoms with Crippen molar-refractivity contribution in [3.8, 4) is 0 Å². The molecule has 3 N–H and O–H groups in total. The van der Waals surface area contributed by atoms with Crippen molar-refractivity contribution in [3.05, 3.63) is 59.7 Å². The van der Waals surface area contributed by atoms with Crippen molar-refractivity contribution in [2.24, 2.45) is 5.92 Å². The van der Waals surface area contributed by atoms with Gasteiger partial charge in [0.1, 0.15) is 0 Å². The van der Waals surface area contributed by atoms with Crippen LogP contribution in [0.4, 0.5) is 11.4 Å². The molecule has 2 aromatic carbocycles. The maximum Gasteiger partial charge on any atom is 0.228 e. The van der Waals surface area contributed by atoms with E-state index in [9.17, 15) is 4.79 Å². The fourth-order valence-corrected chi connectivity index (χ4v) is 3.77. The Bertz CT molecular complexity index is 725. The van der Waals surface area contributed by atoms with Gasteiger partial charge >= 0.3 is 0 Å². The van der Waals surface area contributed by atoms with E-state index in [-0.39, 0.29) is 17.2 Å². The third-order valence-electron chi connectivity index (χ3n) is 5.00. The predicted molar refractivity (Wildman–Crippen MR) is 84.0 cm³/mol. The van der Waals surface area contributed by atoms with Crippen molar-refractivity contribution in [1.29, 1.82) is 0 Å². The van der Waals surface area contributed by atoms with E-state index in [1.807, 2.05) is 24.3 Å². The van der Waals surface area contributed by atoms with Crippen LogP contribution in [0.5, 0.6) is 0 Å². The van der Waals surface area contributed by atoms with Crippen LogP contribution in [0.15, 0.2) is 48.5 Å². The highest BCUT2D eigenvalue weighted by molar-refractivity contribution is 5.98. The lowest BCUT2D eigenvalue weighted by atomic mass is 9.95. The third-order valence-corrected chi connectivity index (χ3v) is 5.00. The fourth-order valence-electron chi connectivity index (χ4n) is 3.77. The molecule has 1 fully saturated rings. The molecule has 0 bridgehead atoms. The number of carbonyl (C=O) groups is 1. The Hall–Kier alpha value is -2.29. The molecule has 4 rings (SSSR count). The lowest BCUT2D eigenvalue weighted by Crippen LogP contribution is -2.20. The van der Waals surface area contributed by atoms with E-state index in [0.29, 0.717) is 5.69 Å². The molecule has 2 aliphatic rings. The van der Waals surface area contributed by atoms with Crippen LogP contribution in [0.1, 0.15) is 24.0 Å². The fraction of sp³-hybridized carbons (Fsp3) is 0.278. The minimum Gasteiger partial charge on any atom is -0.397 e. The molecule has 2 aromatic rings. The van der Waals surface area contributed by atoms with Crippen LogP contribution in [0.25, 0.3) is 0 Å². The number of benzene rings is 2. The van der Waals surface area contributed by atoms with E-state index >= 15 is 0 Å². The molecular formula is C18H18N2O. The molecule has 3 nitrogen and oxygen atoms in total. The number of hydrogen-bond acceptors (Lipinski definition) is 2. The molecule has 3 heteroatoms. The smallest absolute Gasteiger partial charge is 0.228 e. The monoisotopic (exact) mass is 278 g/mol. The molecule has 106 valence electrons. The summed E-state index contributed by atoms with van der Waals surface area (Å²) in [7, 11) is 0. The van der Waals surface area contributed by atoms with Crippen molar-refractivity contribution in [2.75, 3.05) is 11.1 Å². The number of nitrogens with two attached hydrogens (primary N) is 1. The molecule has 0 unspecified atom stereocenters. The summed E-state index contributed by atoms with van der Waals surface area (Å²) in [6.07, 6.45) is 3.14. The highest BCUT2D eigenvalue weighted by Gasteiger charge is 2.61. The van der Waals surface area contributed by atoms with Crippen molar-refractivity contribution in [1.82, 2.24) is 0 Å². The molecule has 0 aromatic heterocycles. The van der Waals surface area contributed by atoms with E-state index in [1.165, 1.54) is 11.1 Å². The van der Waals surface area contributed by atoms with Crippen LogP contribution in [0, 0.1) is 5.92 Å². The summed E-state index contributed by atoms with van der Waals surface area (Å²) in [5.74, 6) is 0.186. The van der Waals surface area contributed by atoms with Gasteiger partial charge in [0.25, 0.3) is 0 Å². The highest BCUT2D eigenvalue weighted by atomic mass is 16.2. The molecule has 2 atom stereocenters. The Balaban J connectivity index is 1.56. The second kappa shape index (κ2) is 4.35. The van der Waals surface area contributed by atoms with Crippen molar-refractivity contribution in [2.45, 2.75) is 24.7 Å². The van der Waals surface area contributed by atoms with E-state index in [1.54, 1.807) is 0 Å². The van der Waals surface area contributed by atoms with Gasteiger partial charge in [-0.3, -0.25) is 4.79 Å². The first-order valence-electron chi connectivity index (χ1n) is 7.44. The van der Waals surface area contributed by atoms with Gasteiger partial charge in [-0.05, 0) is 42.5 Å². The molecule has 1 saturated carbocycles. The Morgan fingerprint density at radius 2 is 1.90 bits per heavy atom. The number of nitrogen functional groups attached to an aromatic ring is 1. The lowest BCUT2D eigenvalue weighted by molar-refractivity contribution is -0.117. The number of para-hydroxylation sites is 2. The van der Waals surface area contributed by atoms with Gasteiger partial charge in [0.15, 0.2) is 0 Å². The zero-order chi connectivity index (χ0) is 14.4. The van der Waals surface area contributed by atoms with Gasteiger partial charge in [0.2, 0.25) is 5.91 Å². The maximum absolute atomic E-state index is 12.5. The molecule has 0 aliphatic heterocycles. The van der Waals surface area contributed by atoms with Gasteiger partial charge in [-0.1, -0.05) is 36.4 Å². The molecule has 0 heterocycles. The van der Waals surface area contributed by atoms with Gasteiger partial charge in [-0.2, -0.15) is 0 Å². The van der Waals surface area contributed by atoms with Gasteiger partial charge in [0, 0.05) is 11.3 Å². The van der Waals surface area contributed by atoms with Crippen molar-refractivity contribution >= 4 is 17.3 Å². The number of hydrogen-bond donors (Lipinski definition) is 2. The lowest BCUT2D eigenvalue weighted by Gasteiger charge is -2.12. The van der Waals surface area contributed by atoms with Crippen LogP contribution >= 0.6 is 0 Å². The standard InChI is InChI=1S/C18H18N2O/c19-15-7-3-4-8-16(15)20-17(21)14-11-18(14)10-9-12-5-1-2-6-13(12)18/h1-8,14H,9-11,19H2,(H,20,21)/t14-,18+/m1/s1. The molecular weight excluding hydrogens is 260 g/mol. The average Bonchev–Trinajstić information content (AvgIpc) is 3.12. The summed E-state index contributed by atoms with van der Waals surface area (Å²) in [6.45, 7) is 0. The van der Waals surface area contributed by atoms with E-state index in [4.69, 9.17) is 5.73 Å². The first-order chi connectivity index (χ1) is 10.2. The number of carbonyl (C=O) groups excluding carboxylic acids is 1. The largest absolute Gasteiger partial charge is 0.397 e. The molecule has 0 saturated heterocycles. The number of amides is 1. The second-order valence-corrected chi connectivity index (χ2v) is 6.15. The summed E-state index contributed by atoms with van der Waals surface area (Å²) in [4.78, 5) is 12.5. The minimum atomic E-state index is 0.0840. The Labute approximate surface area is 124 Å². The zero-order valence-electron chi connectivity index (χ0n) is 11.8. The number of nitrogens with one attached hydrogen (secondary N) is 1. The highest BCUT2D eigenvalue weighted by Crippen LogP contribution is 2.61. The summed E-state index contributed by atoms with van der Waals surface area (Å²) in [5, 5.41) is 2.99. The molecule has 2 aliphatic carbocycles. The number of anilines is 2. The van der Waals surface area contributed by atoms with Crippen molar-refractivity contribution < 1.29 is 4.79 Å². The average molecular weight is 278 g/mol. The van der Waals surface area contributed by atoms with Crippen LogP contribution in [0.3, 0.4) is 0 Å². The Morgan fingerprint density at radius 1 is 1.14 bits per heavy atom. The molecule has 0 radical (unpaired) electrons. The summed E-state index contributed by atoms with van der Waals surface area (Å²) >= 11 is 0. The third kappa shape index (κ3) is 1.84. The van der Waals surface area contributed by atoms with Crippen molar-refractivity contribution in [3.63, 3.8) is 0 Å². The summed E-state index contributed by atoms with van der Waals surface area (Å²) in [5.41, 5.74) is 10.1. The Kier molecular flexibility index (Phi) is 2.58. The van der Waals surface area contributed by atoms with Crippen LogP contribution in [0.2, 0.25) is 0 Å². The first-order valence-corrected chi connectivity index (χ1v) is 7.44. The summed E-state index contributed by atoms with van der Waals surface area (Å²) in [6, 6.07) is 16.0. The van der Waals surface area contributed by atoms with Gasteiger partial charge in [-0.25, -0.2) is 0 Å². The van der Waals surface area contributed by atoms with Gasteiger partial charge in [0.05, 0.1) is 11.4 Å². The van der Waals surface area contributed by atoms with Gasteiger partial charge < -0.3 is 11.1 Å². The molecule has 1 amide bonds. The number of rotatable bonds is 2. The van der Waals surface area contributed by atoms with E-state index in [2.05, 4.69) is 29.6 Å². The van der Waals surface area contributed by atoms with Crippen LogP contribution in [-0.2, 0) is 16.6 Å². The van der Waals surface area contributed by atoms with Crippen LogP contribution in [-0.4, -0.2) is 5.91 Å². The topological polar surface area (TPSA) is 55.1 Å².